The summed E-state index contributed by atoms with van der Waals surface area (Å²) in [5.74, 6) is 0.571. The minimum absolute atomic E-state index is 0.127. The minimum atomic E-state index is -0.127. The number of nitrogens with zero attached hydrogens (tertiary/aromatic N) is 1. The molecule has 0 amide bonds. The molecule has 3 heteroatoms. The molecule has 1 atom stereocenters. The van der Waals surface area contributed by atoms with Crippen LogP contribution in [0.5, 0.6) is 0 Å². The predicted octanol–water partition coefficient (Wildman–Crippen LogP) is 0.574. The van der Waals surface area contributed by atoms with Crippen LogP contribution in [-0.4, -0.2) is 25.8 Å². The minimum Gasteiger partial charge on any atom is -0.473 e. The molecule has 50 valence electrons. The molecule has 0 saturated carbocycles. The summed E-state index contributed by atoms with van der Waals surface area (Å²) < 4.78 is 9.90. The van der Waals surface area contributed by atoms with Crippen LogP contribution in [0.1, 0.15) is 0 Å². The lowest BCUT2D eigenvalue weighted by molar-refractivity contribution is 0.0834. The molecule has 9 heavy (non-hydrogen) atoms. The van der Waals surface area contributed by atoms with Gasteiger partial charge >= 0.3 is 0 Å². The van der Waals surface area contributed by atoms with E-state index in [0.29, 0.717) is 12.5 Å². The van der Waals surface area contributed by atoms with Crippen LogP contribution in [0.15, 0.2) is 17.6 Å². The molecular weight excluding hydrogens is 118 g/mol. The van der Waals surface area contributed by atoms with Gasteiger partial charge in [0.1, 0.15) is 6.61 Å². The number of hydrogen-bond donors (Lipinski definition) is 0. The van der Waals surface area contributed by atoms with Crippen molar-refractivity contribution < 1.29 is 9.47 Å². The maximum absolute atomic E-state index is 5.01. The van der Waals surface area contributed by atoms with Crippen molar-refractivity contribution in [2.24, 2.45) is 4.99 Å². The van der Waals surface area contributed by atoms with E-state index in [2.05, 4.69) is 11.6 Å². The zero-order chi connectivity index (χ0) is 6.69. The first kappa shape index (κ1) is 6.29. The first-order valence-electron chi connectivity index (χ1n) is 2.72. The highest BCUT2D eigenvalue weighted by Gasteiger charge is 2.14. The van der Waals surface area contributed by atoms with Gasteiger partial charge in [0.25, 0.3) is 0 Å². The van der Waals surface area contributed by atoms with E-state index >= 15 is 0 Å². The van der Waals surface area contributed by atoms with Crippen molar-refractivity contribution in [3.05, 3.63) is 12.7 Å². The quantitative estimate of drug-likeness (QED) is 0.543. The van der Waals surface area contributed by atoms with E-state index in [4.69, 9.17) is 9.47 Å². The molecule has 0 fully saturated rings. The monoisotopic (exact) mass is 127 g/mol. The first-order valence-corrected chi connectivity index (χ1v) is 2.72. The SMILES string of the molecule is C=CC1=NC(OC)CO1. The number of methoxy groups -OCH3 is 1. The fourth-order valence-electron chi connectivity index (χ4n) is 0.605. The third kappa shape index (κ3) is 1.29. The summed E-state index contributed by atoms with van der Waals surface area (Å²) in [6.45, 7) is 4.01. The molecule has 0 saturated heterocycles. The average molecular weight is 127 g/mol. The Morgan fingerprint density at radius 3 is 3.11 bits per heavy atom. The van der Waals surface area contributed by atoms with Gasteiger partial charge in [-0.05, 0) is 6.08 Å². The van der Waals surface area contributed by atoms with Gasteiger partial charge in [0.2, 0.25) is 5.90 Å². The highest BCUT2D eigenvalue weighted by atomic mass is 16.6. The molecule has 1 aliphatic rings. The summed E-state index contributed by atoms with van der Waals surface area (Å²) in [4.78, 5) is 3.98. The van der Waals surface area contributed by atoms with Gasteiger partial charge in [0, 0.05) is 7.11 Å². The Balaban J connectivity index is 2.49. The second-order valence-electron chi connectivity index (χ2n) is 1.67. The molecule has 0 aliphatic carbocycles. The van der Waals surface area contributed by atoms with Crippen molar-refractivity contribution in [2.75, 3.05) is 13.7 Å². The molecule has 1 unspecified atom stereocenters. The largest absolute Gasteiger partial charge is 0.473 e. The second-order valence-corrected chi connectivity index (χ2v) is 1.67. The Bertz CT molecular complexity index is 142. The number of ether oxygens (including phenoxy) is 2. The van der Waals surface area contributed by atoms with Crippen molar-refractivity contribution in [1.29, 1.82) is 0 Å². The van der Waals surface area contributed by atoms with Gasteiger partial charge in [-0.15, -0.1) is 0 Å². The maximum atomic E-state index is 5.01. The van der Waals surface area contributed by atoms with E-state index in [1.807, 2.05) is 0 Å². The Kier molecular flexibility index (Phi) is 1.85. The van der Waals surface area contributed by atoms with Gasteiger partial charge in [0.15, 0.2) is 6.23 Å². The summed E-state index contributed by atoms with van der Waals surface area (Å²) in [6.07, 6.45) is 1.44. The summed E-state index contributed by atoms with van der Waals surface area (Å²) >= 11 is 0. The molecule has 0 bridgehead atoms. The van der Waals surface area contributed by atoms with Crippen LogP contribution >= 0.6 is 0 Å². The molecule has 3 nitrogen and oxygen atoms in total. The van der Waals surface area contributed by atoms with E-state index in [9.17, 15) is 0 Å². The molecule has 0 radical (unpaired) electrons. The molecular formula is C6H9NO2. The van der Waals surface area contributed by atoms with E-state index in [1.165, 1.54) is 0 Å². The second kappa shape index (κ2) is 2.64. The van der Waals surface area contributed by atoms with Crippen LogP contribution in [0.3, 0.4) is 0 Å². The van der Waals surface area contributed by atoms with Gasteiger partial charge in [-0.25, -0.2) is 4.99 Å². The van der Waals surface area contributed by atoms with Crippen LogP contribution in [0.2, 0.25) is 0 Å². The fraction of sp³-hybridized carbons (Fsp3) is 0.500. The van der Waals surface area contributed by atoms with Gasteiger partial charge < -0.3 is 9.47 Å². The first-order chi connectivity index (χ1) is 4.36. The fourth-order valence-corrected chi connectivity index (χ4v) is 0.605. The lowest BCUT2D eigenvalue weighted by atomic mass is 10.6. The normalized spacial score (nSPS) is 25.0. The lowest BCUT2D eigenvalue weighted by Gasteiger charge is -1.97. The van der Waals surface area contributed by atoms with Gasteiger partial charge in [0.05, 0.1) is 0 Å². The summed E-state index contributed by atoms with van der Waals surface area (Å²) in [5, 5.41) is 0. The van der Waals surface area contributed by atoms with Gasteiger partial charge in [-0.1, -0.05) is 6.58 Å². The Morgan fingerprint density at radius 2 is 2.78 bits per heavy atom. The summed E-state index contributed by atoms with van der Waals surface area (Å²) in [6, 6.07) is 0. The standard InChI is InChI=1S/C6H9NO2/c1-3-5-7-6(8-2)4-9-5/h3,6H,1,4H2,2H3. The van der Waals surface area contributed by atoms with Crippen LogP contribution in [0.25, 0.3) is 0 Å². The van der Waals surface area contributed by atoms with Crippen LogP contribution in [0.4, 0.5) is 0 Å². The van der Waals surface area contributed by atoms with Crippen LogP contribution in [-0.2, 0) is 9.47 Å². The zero-order valence-corrected chi connectivity index (χ0v) is 5.33. The van der Waals surface area contributed by atoms with Crippen molar-refractivity contribution in [1.82, 2.24) is 0 Å². The van der Waals surface area contributed by atoms with E-state index < -0.39 is 0 Å². The Labute approximate surface area is 54.0 Å². The van der Waals surface area contributed by atoms with Crippen molar-refractivity contribution in [3.8, 4) is 0 Å². The van der Waals surface area contributed by atoms with Crippen LogP contribution in [0, 0.1) is 0 Å². The molecule has 1 aliphatic heterocycles. The van der Waals surface area contributed by atoms with Crippen LogP contribution < -0.4 is 0 Å². The molecule has 0 spiro atoms. The maximum Gasteiger partial charge on any atom is 0.210 e. The molecule has 0 aromatic rings. The predicted molar refractivity (Wildman–Crippen MR) is 34.4 cm³/mol. The van der Waals surface area contributed by atoms with E-state index in [1.54, 1.807) is 13.2 Å². The average Bonchev–Trinajstić information content (AvgIpc) is 2.34. The molecule has 0 aromatic heterocycles. The number of aliphatic imine (C=N–C) groups is 1. The molecule has 0 N–H and O–H groups in total. The lowest BCUT2D eigenvalue weighted by Crippen LogP contribution is -2.07. The topological polar surface area (TPSA) is 30.8 Å². The number of hydrogen-bond acceptors (Lipinski definition) is 3. The summed E-state index contributed by atoms with van der Waals surface area (Å²) in [7, 11) is 1.60. The van der Waals surface area contributed by atoms with E-state index in [-0.39, 0.29) is 6.23 Å². The highest BCUT2D eigenvalue weighted by Crippen LogP contribution is 2.04. The van der Waals surface area contributed by atoms with E-state index in [0.717, 1.165) is 0 Å². The Morgan fingerprint density at radius 1 is 2.00 bits per heavy atom. The number of rotatable bonds is 2. The zero-order valence-electron chi connectivity index (χ0n) is 5.33. The molecule has 1 heterocycles. The molecule has 0 aromatic carbocycles. The highest BCUT2D eigenvalue weighted by molar-refractivity contribution is 5.88. The van der Waals surface area contributed by atoms with Gasteiger partial charge in [-0.2, -0.15) is 0 Å². The third-order valence-electron chi connectivity index (χ3n) is 1.09. The molecule has 1 rings (SSSR count). The van der Waals surface area contributed by atoms with Crippen molar-refractivity contribution in [3.63, 3.8) is 0 Å². The van der Waals surface area contributed by atoms with Crippen molar-refractivity contribution in [2.45, 2.75) is 6.23 Å². The third-order valence-corrected chi connectivity index (χ3v) is 1.09. The summed E-state index contributed by atoms with van der Waals surface area (Å²) in [5.41, 5.74) is 0. The Hall–Kier alpha value is -0.830. The van der Waals surface area contributed by atoms with Gasteiger partial charge in [-0.3, -0.25) is 0 Å². The van der Waals surface area contributed by atoms with Crippen molar-refractivity contribution >= 4 is 5.90 Å². The smallest absolute Gasteiger partial charge is 0.210 e.